The van der Waals surface area contributed by atoms with Crippen LogP contribution in [0.3, 0.4) is 0 Å². The molecule has 0 atom stereocenters. The highest BCUT2D eigenvalue weighted by atomic mass is 35.5. The minimum Gasteiger partial charge on any atom is -0.381 e. The number of anilines is 1. The van der Waals surface area contributed by atoms with E-state index in [1.165, 1.54) is 18.2 Å². The lowest BCUT2D eigenvalue weighted by atomic mass is 10.2. The lowest BCUT2D eigenvalue weighted by Crippen LogP contribution is -2.01. The molecule has 0 bridgehead atoms. The minimum atomic E-state index is -0.507. The van der Waals surface area contributed by atoms with Gasteiger partial charge in [-0.25, -0.2) is 8.78 Å². The van der Waals surface area contributed by atoms with Crippen molar-refractivity contribution < 1.29 is 8.78 Å². The van der Waals surface area contributed by atoms with Gasteiger partial charge in [-0.2, -0.15) is 0 Å². The van der Waals surface area contributed by atoms with Crippen LogP contribution in [0.15, 0.2) is 36.4 Å². The second-order valence-corrected chi connectivity index (χ2v) is 4.48. The summed E-state index contributed by atoms with van der Waals surface area (Å²) in [5, 5.41) is 3.08. The van der Waals surface area contributed by atoms with Gasteiger partial charge < -0.3 is 5.32 Å². The number of rotatable bonds is 3. The molecule has 2 rings (SSSR count). The Labute approximate surface area is 113 Å². The van der Waals surface area contributed by atoms with E-state index in [-0.39, 0.29) is 10.0 Å². The first-order valence-electron chi connectivity index (χ1n) is 5.20. The summed E-state index contributed by atoms with van der Waals surface area (Å²) < 4.78 is 26.4. The van der Waals surface area contributed by atoms with E-state index >= 15 is 0 Å². The van der Waals surface area contributed by atoms with Gasteiger partial charge in [0.15, 0.2) is 0 Å². The van der Waals surface area contributed by atoms with Crippen molar-refractivity contribution in [1.29, 1.82) is 0 Å². The highest BCUT2D eigenvalue weighted by Gasteiger charge is 2.06. The Morgan fingerprint density at radius 2 is 1.78 bits per heavy atom. The first-order chi connectivity index (χ1) is 8.58. The summed E-state index contributed by atoms with van der Waals surface area (Å²) in [6, 6.07) is 8.92. The molecule has 5 heteroatoms. The van der Waals surface area contributed by atoms with Crippen LogP contribution in [0.5, 0.6) is 0 Å². The SMILES string of the molecule is Fc1cc(NCc2cccc(F)c2Cl)ccc1Cl. The molecular formula is C13H9Cl2F2N. The van der Waals surface area contributed by atoms with Crippen molar-refractivity contribution in [1.82, 2.24) is 0 Å². The van der Waals surface area contributed by atoms with Gasteiger partial charge in [-0.1, -0.05) is 35.3 Å². The minimum absolute atomic E-state index is 0.0596. The Balaban J connectivity index is 2.11. The van der Waals surface area contributed by atoms with Gasteiger partial charge in [-0.15, -0.1) is 0 Å². The van der Waals surface area contributed by atoms with Crippen molar-refractivity contribution in [3.63, 3.8) is 0 Å². The van der Waals surface area contributed by atoms with Crippen molar-refractivity contribution in [2.45, 2.75) is 6.54 Å². The Morgan fingerprint density at radius 1 is 1.00 bits per heavy atom. The maximum Gasteiger partial charge on any atom is 0.143 e. The summed E-state index contributed by atoms with van der Waals surface area (Å²) in [7, 11) is 0. The normalized spacial score (nSPS) is 10.4. The van der Waals surface area contributed by atoms with E-state index in [0.29, 0.717) is 17.8 Å². The Morgan fingerprint density at radius 3 is 2.50 bits per heavy atom. The van der Waals surface area contributed by atoms with Crippen LogP contribution in [0.4, 0.5) is 14.5 Å². The molecule has 0 aliphatic carbocycles. The average Bonchev–Trinajstić information content (AvgIpc) is 2.35. The third-order valence-electron chi connectivity index (χ3n) is 2.43. The summed E-state index contributed by atoms with van der Waals surface area (Å²) in [5.41, 5.74) is 1.16. The second kappa shape index (κ2) is 5.55. The highest BCUT2D eigenvalue weighted by Crippen LogP contribution is 2.22. The maximum atomic E-state index is 13.2. The number of hydrogen-bond donors (Lipinski definition) is 1. The van der Waals surface area contributed by atoms with Gasteiger partial charge in [-0.05, 0) is 29.8 Å². The van der Waals surface area contributed by atoms with Crippen molar-refractivity contribution in [2.24, 2.45) is 0 Å². The summed E-state index contributed by atoms with van der Waals surface area (Å²) >= 11 is 11.4. The topological polar surface area (TPSA) is 12.0 Å². The fourth-order valence-corrected chi connectivity index (χ4v) is 1.80. The van der Waals surface area contributed by atoms with Gasteiger partial charge in [0.05, 0.1) is 10.0 Å². The summed E-state index contributed by atoms with van der Waals surface area (Å²) in [6.45, 7) is 0.303. The Bertz CT molecular complexity index is 573. The number of benzene rings is 2. The lowest BCUT2D eigenvalue weighted by Gasteiger charge is -2.09. The zero-order valence-corrected chi connectivity index (χ0v) is 10.7. The molecule has 94 valence electrons. The third-order valence-corrected chi connectivity index (χ3v) is 3.16. The highest BCUT2D eigenvalue weighted by molar-refractivity contribution is 6.31. The molecule has 0 spiro atoms. The van der Waals surface area contributed by atoms with Crippen molar-refractivity contribution in [3.8, 4) is 0 Å². The molecule has 0 saturated heterocycles. The molecule has 0 saturated carbocycles. The largest absolute Gasteiger partial charge is 0.381 e. The van der Waals surface area contributed by atoms with E-state index in [1.54, 1.807) is 18.2 Å². The van der Waals surface area contributed by atoms with Crippen molar-refractivity contribution in [2.75, 3.05) is 5.32 Å². The van der Waals surface area contributed by atoms with Gasteiger partial charge in [0.25, 0.3) is 0 Å². The van der Waals surface area contributed by atoms with Crippen LogP contribution in [0.1, 0.15) is 5.56 Å². The molecule has 0 amide bonds. The Kier molecular flexibility index (Phi) is 4.04. The third kappa shape index (κ3) is 2.92. The zero-order valence-electron chi connectivity index (χ0n) is 9.18. The van der Waals surface area contributed by atoms with Crippen LogP contribution in [-0.2, 0) is 6.54 Å². The number of hydrogen-bond acceptors (Lipinski definition) is 1. The molecule has 2 aromatic carbocycles. The van der Waals surface area contributed by atoms with Crippen LogP contribution >= 0.6 is 23.2 Å². The van der Waals surface area contributed by atoms with E-state index in [2.05, 4.69) is 5.32 Å². The van der Waals surface area contributed by atoms with Gasteiger partial charge in [0, 0.05) is 12.2 Å². The molecule has 0 radical (unpaired) electrons. The van der Waals surface area contributed by atoms with Crippen molar-refractivity contribution in [3.05, 3.63) is 63.6 Å². The molecule has 2 aromatic rings. The van der Waals surface area contributed by atoms with Crippen molar-refractivity contribution >= 4 is 28.9 Å². The van der Waals surface area contributed by atoms with E-state index in [0.717, 1.165) is 0 Å². The second-order valence-electron chi connectivity index (χ2n) is 3.70. The fourth-order valence-electron chi connectivity index (χ4n) is 1.49. The molecule has 0 aliphatic heterocycles. The predicted octanol–water partition coefficient (Wildman–Crippen LogP) is 4.88. The smallest absolute Gasteiger partial charge is 0.143 e. The van der Waals surface area contributed by atoms with Crippen LogP contribution in [-0.4, -0.2) is 0 Å². The molecule has 0 fully saturated rings. The molecule has 1 N–H and O–H groups in total. The van der Waals surface area contributed by atoms with E-state index in [9.17, 15) is 8.78 Å². The quantitative estimate of drug-likeness (QED) is 0.848. The molecule has 18 heavy (non-hydrogen) atoms. The van der Waals surface area contributed by atoms with E-state index in [4.69, 9.17) is 23.2 Å². The Hall–Kier alpha value is -1.32. The first-order valence-corrected chi connectivity index (χ1v) is 5.95. The lowest BCUT2D eigenvalue weighted by molar-refractivity contribution is 0.625. The average molecular weight is 288 g/mol. The van der Waals surface area contributed by atoms with Crippen LogP contribution in [0, 0.1) is 11.6 Å². The van der Waals surface area contributed by atoms with Gasteiger partial charge in [-0.3, -0.25) is 0 Å². The molecule has 0 heterocycles. The van der Waals surface area contributed by atoms with Gasteiger partial charge in [0.1, 0.15) is 11.6 Å². The van der Waals surface area contributed by atoms with Gasteiger partial charge >= 0.3 is 0 Å². The van der Waals surface area contributed by atoms with Gasteiger partial charge in [0.2, 0.25) is 0 Å². The molecule has 0 unspecified atom stereocenters. The van der Waals surface area contributed by atoms with Crippen LogP contribution in [0.25, 0.3) is 0 Å². The summed E-state index contributed by atoms with van der Waals surface area (Å²) in [6.07, 6.45) is 0. The van der Waals surface area contributed by atoms with E-state index < -0.39 is 11.6 Å². The molecule has 0 aromatic heterocycles. The van der Waals surface area contributed by atoms with E-state index in [1.807, 2.05) is 0 Å². The molecule has 1 nitrogen and oxygen atoms in total. The first kappa shape index (κ1) is 13.1. The zero-order chi connectivity index (χ0) is 13.1. The molecule has 0 aliphatic rings. The number of nitrogens with one attached hydrogen (secondary N) is 1. The summed E-state index contributed by atoms with van der Waals surface area (Å²) in [5.74, 6) is -0.981. The number of halogens is 4. The monoisotopic (exact) mass is 287 g/mol. The summed E-state index contributed by atoms with van der Waals surface area (Å²) in [4.78, 5) is 0. The molecular weight excluding hydrogens is 279 g/mol. The standard InChI is InChI=1S/C13H9Cl2F2N/c14-10-5-4-9(6-12(10)17)18-7-8-2-1-3-11(16)13(8)15/h1-6,18H,7H2. The predicted molar refractivity (Wildman–Crippen MR) is 70.1 cm³/mol. The van der Waals surface area contributed by atoms with Crippen LogP contribution in [0.2, 0.25) is 10.0 Å². The van der Waals surface area contributed by atoms with Crippen LogP contribution < -0.4 is 5.32 Å². The fraction of sp³-hybridized carbons (Fsp3) is 0.0769. The maximum absolute atomic E-state index is 13.2.